The van der Waals surface area contributed by atoms with E-state index in [9.17, 15) is 0 Å². The van der Waals surface area contributed by atoms with Crippen LogP contribution in [0.15, 0.2) is 0 Å². The third kappa shape index (κ3) is 2.40. The monoisotopic (exact) mass is 267 g/mol. The molecule has 0 saturated carbocycles. The lowest BCUT2D eigenvalue weighted by Crippen LogP contribution is -2.26. The van der Waals surface area contributed by atoms with Crippen LogP contribution in [0.25, 0.3) is 0 Å². The summed E-state index contributed by atoms with van der Waals surface area (Å²) in [5.41, 5.74) is 7.54. The van der Waals surface area contributed by atoms with E-state index in [1.807, 2.05) is 11.8 Å². The molecule has 1 saturated heterocycles. The van der Waals surface area contributed by atoms with Crippen LogP contribution in [0, 0.1) is 0 Å². The number of nitrogens with two attached hydrogens (primary N) is 1. The van der Waals surface area contributed by atoms with Crippen LogP contribution < -0.4 is 5.73 Å². The molecule has 1 aromatic heterocycles. The molecule has 4 heteroatoms. The van der Waals surface area contributed by atoms with Gasteiger partial charge in [-0.05, 0) is 32.9 Å². The van der Waals surface area contributed by atoms with Crippen molar-refractivity contribution in [2.75, 3.05) is 17.2 Å². The third-order valence-electron chi connectivity index (χ3n) is 3.47. The second kappa shape index (κ2) is 4.80. The standard InChI is InChI=1S/C14H25N3S/c1-9(2)13-16-11(10-6-7-18-8-10)12(15)17(13)14(3,4)5/h9-10H,6-8,15H2,1-5H3. The van der Waals surface area contributed by atoms with E-state index in [2.05, 4.69) is 39.2 Å². The number of nitrogen functional groups attached to an aromatic ring is 1. The lowest BCUT2D eigenvalue weighted by Gasteiger charge is -2.26. The van der Waals surface area contributed by atoms with E-state index >= 15 is 0 Å². The van der Waals surface area contributed by atoms with E-state index < -0.39 is 0 Å². The molecule has 1 aliphatic heterocycles. The van der Waals surface area contributed by atoms with Crippen molar-refractivity contribution >= 4 is 17.6 Å². The molecule has 0 bridgehead atoms. The molecule has 2 N–H and O–H groups in total. The molecule has 0 spiro atoms. The van der Waals surface area contributed by atoms with Crippen molar-refractivity contribution in [2.45, 2.75) is 58.4 Å². The Kier molecular flexibility index (Phi) is 3.67. The van der Waals surface area contributed by atoms with Crippen molar-refractivity contribution in [3.8, 4) is 0 Å². The number of rotatable bonds is 2. The quantitative estimate of drug-likeness (QED) is 0.891. The number of aromatic nitrogens is 2. The lowest BCUT2D eigenvalue weighted by atomic mass is 10.0. The maximum Gasteiger partial charge on any atom is 0.127 e. The van der Waals surface area contributed by atoms with Gasteiger partial charge in [0.1, 0.15) is 11.6 Å². The molecule has 2 heterocycles. The fourth-order valence-corrected chi connectivity index (χ4v) is 3.84. The molecule has 102 valence electrons. The Balaban J connectivity index is 2.50. The van der Waals surface area contributed by atoms with Crippen molar-refractivity contribution in [3.05, 3.63) is 11.5 Å². The minimum Gasteiger partial charge on any atom is -0.384 e. The zero-order valence-electron chi connectivity index (χ0n) is 12.2. The molecule has 18 heavy (non-hydrogen) atoms. The van der Waals surface area contributed by atoms with Gasteiger partial charge in [0.15, 0.2) is 0 Å². The highest BCUT2D eigenvalue weighted by molar-refractivity contribution is 7.99. The number of imidazole rings is 1. The Morgan fingerprint density at radius 3 is 2.44 bits per heavy atom. The van der Waals surface area contributed by atoms with Gasteiger partial charge in [0.2, 0.25) is 0 Å². The summed E-state index contributed by atoms with van der Waals surface area (Å²) in [6, 6.07) is 0. The van der Waals surface area contributed by atoms with Gasteiger partial charge >= 0.3 is 0 Å². The molecule has 1 aliphatic rings. The fourth-order valence-electron chi connectivity index (χ4n) is 2.61. The zero-order chi connectivity index (χ0) is 13.5. The lowest BCUT2D eigenvalue weighted by molar-refractivity contribution is 0.382. The first-order chi connectivity index (χ1) is 8.32. The van der Waals surface area contributed by atoms with Gasteiger partial charge in [-0.1, -0.05) is 13.8 Å². The summed E-state index contributed by atoms with van der Waals surface area (Å²) in [6.45, 7) is 11.0. The zero-order valence-corrected chi connectivity index (χ0v) is 13.0. The Bertz CT molecular complexity index is 423. The largest absolute Gasteiger partial charge is 0.384 e. The molecule has 1 aromatic rings. The van der Waals surface area contributed by atoms with Crippen molar-refractivity contribution in [2.24, 2.45) is 0 Å². The SMILES string of the molecule is CC(C)c1nc(C2CCSC2)c(N)n1C(C)(C)C. The summed E-state index contributed by atoms with van der Waals surface area (Å²) in [5.74, 6) is 5.39. The Morgan fingerprint density at radius 1 is 1.39 bits per heavy atom. The van der Waals surface area contributed by atoms with E-state index in [0.717, 1.165) is 17.3 Å². The second-order valence-corrected chi connectivity index (χ2v) is 7.61. The molecule has 1 unspecified atom stereocenters. The Morgan fingerprint density at radius 2 is 2.06 bits per heavy atom. The highest BCUT2D eigenvalue weighted by Crippen LogP contribution is 2.38. The number of anilines is 1. The van der Waals surface area contributed by atoms with E-state index in [4.69, 9.17) is 10.7 Å². The third-order valence-corrected chi connectivity index (χ3v) is 4.63. The molecule has 0 aromatic carbocycles. The maximum absolute atomic E-state index is 6.40. The van der Waals surface area contributed by atoms with E-state index in [0.29, 0.717) is 11.8 Å². The van der Waals surface area contributed by atoms with E-state index in [-0.39, 0.29) is 5.54 Å². The van der Waals surface area contributed by atoms with Gasteiger partial charge < -0.3 is 10.3 Å². The van der Waals surface area contributed by atoms with Gasteiger partial charge in [-0.3, -0.25) is 0 Å². The molecule has 0 radical (unpaired) electrons. The molecule has 3 nitrogen and oxygen atoms in total. The molecule has 1 fully saturated rings. The molecular formula is C14H25N3S. The average molecular weight is 267 g/mol. The first kappa shape index (κ1) is 13.8. The number of thioether (sulfide) groups is 1. The molecule has 0 aliphatic carbocycles. The summed E-state index contributed by atoms with van der Waals surface area (Å²) in [4.78, 5) is 4.88. The van der Waals surface area contributed by atoms with Crippen molar-refractivity contribution in [3.63, 3.8) is 0 Å². The molecule has 0 amide bonds. The normalized spacial score (nSPS) is 20.9. The van der Waals surface area contributed by atoms with Gasteiger partial charge in [0.25, 0.3) is 0 Å². The number of hydrogen-bond donors (Lipinski definition) is 1. The van der Waals surface area contributed by atoms with Crippen molar-refractivity contribution < 1.29 is 0 Å². The Hall–Kier alpha value is -0.640. The summed E-state index contributed by atoms with van der Waals surface area (Å²) in [7, 11) is 0. The molecule has 1 atom stereocenters. The number of hydrogen-bond acceptors (Lipinski definition) is 3. The average Bonchev–Trinajstić information content (AvgIpc) is 2.81. The summed E-state index contributed by atoms with van der Waals surface area (Å²) >= 11 is 2.01. The summed E-state index contributed by atoms with van der Waals surface area (Å²) in [5, 5.41) is 0. The van der Waals surface area contributed by atoms with Crippen LogP contribution in [0.4, 0.5) is 5.82 Å². The van der Waals surface area contributed by atoms with E-state index in [1.54, 1.807) is 0 Å². The van der Waals surface area contributed by atoms with Crippen LogP contribution in [0.2, 0.25) is 0 Å². The number of nitrogens with zero attached hydrogens (tertiary/aromatic N) is 2. The van der Waals surface area contributed by atoms with Gasteiger partial charge in [-0.2, -0.15) is 11.8 Å². The summed E-state index contributed by atoms with van der Waals surface area (Å²) in [6.07, 6.45) is 1.22. The van der Waals surface area contributed by atoms with Crippen molar-refractivity contribution in [1.82, 2.24) is 9.55 Å². The smallest absolute Gasteiger partial charge is 0.127 e. The van der Waals surface area contributed by atoms with Gasteiger partial charge in [-0.15, -0.1) is 0 Å². The highest BCUT2D eigenvalue weighted by Gasteiger charge is 2.30. The van der Waals surface area contributed by atoms with E-state index in [1.165, 1.54) is 17.9 Å². The molecule has 2 rings (SSSR count). The predicted octanol–water partition coefficient (Wildman–Crippen LogP) is 3.56. The minimum absolute atomic E-state index is 0.000678. The van der Waals surface area contributed by atoms with Crippen LogP contribution in [-0.2, 0) is 5.54 Å². The fraction of sp³-hybridized carbons (Fsp3) is 0.786. The topological polar surface area (TPSA) is 43.8 Å². The van der Waals surface area contributed by atoms with Crippen LogP contribution in [-0.4, -0.2) is 21.1 Å². The van der Waals surface area contributed by atoms with Crippen LogP contribution in [0.1, 0.15) is 64.4 Å². The first-order valence-corrected chi connectivity index (χ1v) is 7.94. The summed E-state index contributed by atoms with van der Waals surface area (Å²) < 4.78 is 2.23. The minimum atomic E-state index is 0.000678. The van der Waals surface area contributed by atoms with Gasteiger partial charge in [-0.25, -0.2) is 4.98 Å². The van der Waals surface area contributed by atoms with Crippen LogP contribution in [0.5, 0.6) is 0 Å². The Labute approximate surface area is 115 Å². The first-order valence-electron chi connectivity index (χ1n) is 6.78. The van der Waals surface area contributed by atoms with Gasteiger partial charge in [0, 0.05) is 23.1 Å². The maximum atomic E-state index is 6.40. The molecular weight excluding hydrogens is 242 g/mol. The van der Waals surface area contributed by atoms with Crippen LogP contribution in [0.3, 0.4) is 0 Å². The second-order valence-electron chi connectivity index (χ2n) is 6.46. The van der Waals surface area contributed by atoms with Crippen molar-refractivity contribution in [1.29, 1.82) is 0 Å². The van der Waals surface area contributed by atoms with Gasteiger partial charge in [0.05, 0.1) is 5.69 Å². The predicted molar refractivity (Wildman–Crippen MR) is 80.4 cm³/mol. The highest BCUT2D eigenvalue weighted by atomic mass is 32.2. The van der Waals surface area contributed by atoms with Crippen LogP contribution >= 0.6 is 11.8 Å².